The van der Waals surface area contributed by atoms with Gasteiger partial charge < -0.3 is 14.8 Å². The first-order valence-electron chi connectivity index (χ1n) is 7.86. The first-order chi connectivity index (χ1) is 11.3. The lowest BCUT2D eigenvalue weighted by Gasteiger charge is -2.21. The summed E-state index contributed by atoms with van der Waals surface area (Å²) in [5.41, 5.74) is 0. The van der Waals surface area contributed by atoms with E-state index in [0.29, 0.717) is 19.0 Å². The Balaban J connectivity index is 2.83. The van der Waals surface area contributed by atoms with Crippen molar-refractivity contribution in [3.05, 3.63) is 24.3 Å². The fourth-order valence-corrected chi connectivity index (χ4v) is 3.57. The number of carbonyl (C=O) groups is 1. The molecule has 1 rings (SSSR count). The number of rotatable bonds is 10. The average molecular weight is 358 g/mol. The maximum Gasteiger partial charge on any atom is 0.243 e. The molecule has 0 aliphatic rings. The quantitative estimate of drug-likeness (QED) is 0.680. The molecule has 1 aromatic rings. The van der Waals surface area contributed by atoms with Gasteiger partial charge in [-0.3, -0.25) is 4.79 Å². The molecule has 0 aliphatic carbocycles. The van der Waals surface area contributed by atoms with Gasteiger partial charge in [-0.25, -0.2) is 8.42 Å². The van der Waals surface area contributed by atoms with Gasteiger partial charge in [0.2, 0.25) is 15.9 Å². The van der Waals surface area contributed by atoms with Crippen LogP contribution in [0.4, 0.5) is 0 Å². The lowest BCUT2D eigenvalue weighted by Crippen LogP contribution is -2.44. The summed E-state index contributed by atoms with van der Waals surface area (Å²) in [7, 11) is -2.20. The van der Waals surface area contributed by atoms with Gasteiger partial charge in [-0.1, -0.05) is 6.92 Å². The van der Waals surface area contributed by atoms with E-state index in [-0.39, 0.29) is 29.9 Å². The molecule has 0 spiro atoms. The number of hydrogen-bond donors (Lipinski definition) is 1. The highest BCUT2D eigenvalue weighted by Gasteiger charge is 2.25. The number of nitrogens with zero attached hydrogens (tertiary/aromatic N) is 1. The fourth-order valence-electron chi connectivity index (χ4n) is 2.16. The van der Waals surface area contributed by atoms with Gasteiger partial charge in [-0.15, -0.1) is 0 Å². The molecule has 0 saturated heterocycles. The van der Waals surface area contributed by atoms with Crippen molar-refractivity contribution in [3.8, 4) is 5.75 Å². The summed E-state index contributed by atoms with van der Waals surface area (Å²) in [5, 5.41) is 2.70. The van der Waals surface area contributed by atoms with Gasteiger partial charge in [0.1, 0.15) is 5.75 Å². The van der Waals surface area contributed by atoms with Crippen LogP contribution in [0.15, 0.2) is 29.2 Å². The molecule has 0 heterocycles. The van der Waals surface area contributed by atoms with E-state index in [9.17, 15) is 13.2 Å². The molecule has 24 heavy (non-hydrogen) atoms. The number of likely N-dealkylation sites (N-methyl/N-ethyl adjacent to an activating group) is 1. The highest BCUT2D eigenvalue weighted by atomic mass is 32.2. The minimum absolute atomic E-state index is 0.130. The van der Waals surface area contributed by atoms with Crippen molar-refractivity contribution in [1.82, 2.24) is 9.62 Å². The highest BCUT2D eigenvalue weighted by molar-refractivity contribution is 7.89. The predicted molar refractivity (Wildman–Crippen MR) is 91.5 cm³/mol. The number of benzene rings is 1. The molecule has 1 atom stereocenters. The minimum Gasteiger partial charge on any atom is -0.494 e. The zero-order valence-electron chi connectivity index (χ0n) is 14.6. The Kier molecular flexibility index (Phi) is 8.17. The number of nitrogens with one attached hydrogen (secondary N) is 1. The average Bonchev–Trinajstić information content (AvgIpc) is 2.53. The lowest BCUT2D eigenvalue weighted by molar-refractivity contribution is -0.122. The zero-order chi connectivity index (χ0) is 18.2. The maximum atomic E-state index is 12.7. The number of methoxy groups -OCH3 is 1. The summed E-state index contributed by atoms with van der Waals surface area (Å²) >= 11 is 0. The van der Waals surface area contributed by atoms with Gasteiger partial charge in [-0.2, -0.15) is 4.31 Å². The SMILES string of the molecule is CCOc1ccc(S(=O)(=O)N(CC)CC(=O)N[C@@H](C)COC)cc1. The van der Waals surface area contributed by atoms with Crippen LogP contribution in [-0.2, 0) is 19.6 Å². The first kappa shape index (κ1) is 20.4. The van der Waals surface area contributed by atoms with E-state index in [2.05, 4.69) is 5.32 Å². The number of amides is 1. The van der Waals surface area contributed by atoms with E-state index < -0.39 is 10.0 Å². The van der Waals surface area contributed by atoms with Crippen LogP contribution in [0.1, 0.15) is 20.8 Å². The lowest BCUT2D eigenvalue weighted by atomic mass is 10.3. The Labute approximate surface area is 144 Å². The van der Waals surface area contributed by atoms with Crippen molar-refractivity contribution in [2.45, 2.75) is 31.7 Å². The summed E-state index contributed by atoms with van der Waals surface area (Å²) in [5.74, 6) is 0.238. The zero-order valence-corrected chi connectivity index (χ0v) is 15.4. The van der Waals surface area contributed by atoms with Crippen LogP contribution in [0.25, 0.3) is 0 Å². The number of carbonyl (C=O) groups excluding carboxylic acids is 1. The number of sulfonamides is 1. The third-order valence-corrected chi connectivity index (χ3v) is 5.20. The number of hydrogen-bond acceptors (Lipinski definition) is 5. The molecule has 0 aliphatic heterocycles. The summed E-state index contributed by atoms with van der Waals surface area (Å²) in [4.78, 5) is 12.2. The van der Waals surface area contributed by atoms with E-state index in [1.807, 2.05) is 6.92 Å². The van der Waals surface area contributed by atoms with E-state index in [1.54, 1.807) is 26.0 Å². The second-order valence-electron chi connectivity index (χ2n) is 5.26. The summed E-state index contributed by atoms with van der Waals surface area (Å²) in [6.45, 7) is 6.17. The highest BCUT2D eigenvalue weighted by Crippen LogP contribution is 2.19. The predicted octanol–water partition coefficient (Wildman–Crippen LogP) is 1.25. The molecule has 0 fully saturated rings. The van der Waals surface area contributed by atoms with E-state index in [0.717, 1.165) is 4.31 Å². The maximum absolute atomic E-state index is 12.7. The Morgan fingerprint density at radius 3 is 2.38 bits per heavy atom. The largest absolute Gasteiger partial charge is 0.494 e. The van der Waals surface area contributed by atoms with Gasteiger partial charge in [0.25, 0.3) is 0 Å². The normalized spacial score (nSPS) is 12.9. The van der Waals surface area contributed by atoms with Crippen LogP contribution in [0.3, 0.4) is 0 Å². The van der Waals surface area contributed by atoms with Crippen molar-refractivity contribution in [2.24, 2.45) is 0 Å². The van der Waals surface area contributed by atoms with Crippen LogP contribution in [0.2, 0.25) is 0 Å². The summed E-state index contributed by atoms with van der Waals surface area (Å²) in [6, 6.07) is 5.98. The van der Waals surface area contributed by atoms with Crippen LogP contribution in [0, 0.1) is 0 Å². The fraction of sp³-hybridized carbons (Fsp3) is 0.562. The van der Waals surface area contributed by atoms with Gasteiger partial charge in [-0.05, 0) is 38.1 Å². The molecule has 0 bridgehead atoms. The Morgan fingerprint density at radius 1 is 1.25 bits per heavy atom. The van der Waals surface area contributed by atoms with Crippen LogP contribution < -0.4 is 10.1 Å². The molecule has 1 N–H and O–H groups in total. The summed E-state index contributed by atoms with van der Waals surface area (Å²) in [6.07, 6.45) is 0. The van der Waals surface area contributed by atoms with Crippen molar-refractivity contribution < 1.29 is 22.7 Å². The third-order valence-electron chi connectivity index (χ3n) is 3.27. The Bertz CT molecular complexity index is 616. The molecule has 0 aromatic heterocycles. The monoisotopic (exact) mass is 358 g/mol. The molecular formula is C16H26N2O5S. The van der Waals surface area contributed by atoms with Gasteiger partial charge >= 0.3 is 0 Å². The van der Waals surface area contributed by atoms with E-state index >= 15 is 0 Å². The molecule has 136 valence electrons. The molecule has 8 heteroatoms. The van der Waals surface area contributed by atoms with Crippen LogP contribution in [-0.4, -0.2) is 58.1 Å². The minimum atomic E-state index is -3.74. The standard InChI is InChI=1S/C16H26N2O5S/c1-5-18(11-16(19)17-13(3)12-22-4)24(20,21)15-9-7-14(8-10-15)23-6-2/h7-10,13H,5-6,11-12H2,1-4H3,(H,17,19)/t13-/m0/s1. The molecular weight excluding hydrogens is 332 g/mol. The molecule has 0 saturated carbocycles. The second kappa shape index (κ2) is 9.61. The number of ether oxygens (including phenoxy) is 2. The second-order valence-corrected chi connectivity index (χ2v) is 7.20. The Morgan fingerprint density at radius 2 is 1.88 bits per heavy atom. The molecule has 1 aromatic carbocycles. The van der Waals surface area contributed by atoms with E-state index in [1.165, 1.54) is 19.2 Å². The summed E-state index contributed by atoms with van der Waals surface area (Å²) < 4.78 is 36.7. The van der Waals surface area contributed by atoms with Crippen molar-refractivity contribution in [1.29, 1.82) is 0 Å². The van der Waals surface area contributed by atoms with E-state index in [4.69, 9.17) is 9.47 Å². The van der Waals surface area contributed by atoms with Crippen LogP contribution >= 0.6 is 0 Å². The molecule has 7 nitrogen and oxygen atoms in total. The molecule has 0 unspecified atom stereocenters. The van der Waals surface area contributed by atoms with Gasteiger partial charge in [0.15, 0.2) is 0 Å². The van der Waals surface area contributed by atoms with Crippen LogP contribution in [0.5, 0.6) is 5.75 Å². The molecule has 1 amide bonds. The third kappa shape index (κ3) is 5.77. The van der Waals surface area contributed by atoms with Gasteiger partial charge in [0, 0.05) is 19.7 Å². The topological polar surface area (TPSA) is 84.9 Å². The smallest absolute Gasteiger partial charge is 0.243 e. The van der Waals surface area contributed by atoms with Crippen molar-refractivity contribution in [2.75, 3.05) is 33.4 Å². The van der Waals surface area contributed by atoms with Crippen molar-refractivity contribution >= 4 is 15.9 Å². The molecule has 0 radical (unpaired) electrons. The van der Waals surface area contributed by atoms with Crippen molar-refractivity contribution in [3.63, 3.8) is 0 Å². The first-order valence-corrected chi connectivity index (χ1v) is 9.30. The Hall–Kier alpha value is -1.64. The van der Waals surface area contributed by atoms with Gasteiger partial charge in [0.05, 0.1) is 24.7 Å².